The number of nitrogens with zero attached hydrogens (tertiary/aromatic N) is 3. The molecule has 0 atom stereocenters. The first-order valence-electron chi connectivity index (χ1n) is 24.0. The van der Waals surface area contributed by atoms with Crippen molar-refractivity contribution in [1.82, 2.24) is 14.5 Å². The molecule has 0 saturated carbocycles. The Morgan fingerprint density at radius 2 is 1.13 bits per heavy atom. The zero-order chi connectivity index (χ0) is 48.3. The molecule has 4 nitrogen and oxygen atoms in total. The third kappa shape index (κ3) is 9.54. The minimum Gasteiger partial charge on any atom is -0.507 e. The summed E-state index contributed by atoms with van der Waals surface area (Å²) in [5, 5.41) is 12.5. The summed E-state index contributed by atoms with van der Waals surface area (Å²) in [6.07, 6.45) is 1.89. The van der Waals surface area contributed by atoms with Crippen molar-refractivity contribution in [2.24, 2.45) is 0 Å². The van der Waals surface area contributed by atoms with Crippen LogP contribution in [0.3, 0.4) is 0 Å². The number of fused-ring (bicyclic) bond motifs is 1. The predicted octanol–water partition coefficient (Wildman–Crippen LogP) is 16.9. The van der Waals surface area contributed by atoms with E-state index >= 15 is 0 Å². The molecule has 0 amide bonds. The second-order valence-corrected chi connectivity index (χ2v) is 21.3. The van der Waals surface area contributed by atoms with Gasteiger partial charge in [-0.25, -0.2) is 4.98 Å². The van der Waals surface area contributed by atoms with Gasteiger partial charge in [0.05, 0.1) is 16.6 Å². The van der Waals surface area contributed by atoms with Crippen molar-refractivity contribution in [2.75, 3.05) is 0 Å². The molecule has 0 unspecified atom stereocenters. The number of aromatic nitrogens is 3. The third-order valence-corrected chi connectivity index (χ3v) is 13.0. The molecule has 2 aromatic heterocycles. The van der Waals surface area contributed by atoms with Crippen molar-refractivity contribution in [3.63, 3.8) is 0 Å². The van der Waals surface area contributed by atoms with Crippen molar-refractivity contribution in [3.05, 3.63) is 192 Å². The number of rotatable bonds is 8. The summed E-state index contributed by atoms with van der Waals surface area (Å²) < 4.78 is 11.6. The van der Waals surface area contributed by atoms with E-state index in [0.717, 1.165) is 83.6 Å². The van der Waals surface area contributed by atoms with E-state index in [9.17, 15) is 6.48 Å². The van der Waals surface area contributed by atoms with E-state index in [1.54, 1.807) is 0 Å². The minimum atomic E-state index is -0.924. The average Bonchev–Trinajstić information content (AvgIpc) is 3.70. The smallest absolute Gasteiger partial charge is 0.148 e. The zero-order valence-electron chi connectivity index (χ0n) is 42.2. The fourth-order valence-electron chi connectivity index (χ4n) is 9.05. The van der Waals surface area contributed by atoms with Crippen molar-refractivity contribution in [2.45, 2.75) is 98.3 Å². The van der Waals surface area contributed by atoms with Gasteiger partial charge in [-0.05, 0) is 97.0 Å². The number of phenols is 1. The topological polar surface area (TPSA) is 50.9 Å². The van der Waals surface area contributed by atoms with Crippen LogP contribution in [-0.4, -0.2) is 19.6 Å². The molecule has 9 aromatic rings. The van der Waals surface area contributed by atoms with Gasteiger partial charge < -0.3 is 5.11 Å². The van der Waals surface area contributed by atoms with E-state index in [0.29, 0.717) is 11.4 Å². The quantitative estimate of drug-likeness (QED) is 0.154. The molecule has 0 fully saturated rings. The Bertz CT molecular complexity index is 3310. The number of para-hydroxylation sites is 1. The van der Waals surface area contributed by atoms with Gasteiger partial charge in [-0.2, -0.15) is 0 Å². The van der Waals surface area contributed by atoms with Gasteiger partial charge >= 0.3 is 0 Å². The molecule has 0 aliphatic carbocycles. The molecule has 7 aromatic carbocycles. The fraction of sp³-hybridized carbons (Fsp3) is 0.238. The standard InChI is InChI=1S/C63H62N3O.Pt/c1-40(2)53-39-50(29-30-51(53)44-21-16-13-17-22-44)66-57-24-18-23-52(58(57)65-60(66)54-37-49(62(6,7)8)38-55(59(54)67)63(9,10)11)46-33-47(35-48(34-46)61(3,4)5)56-36-45(31-32-64-56)43-27-25-42(26-28-43)41-19-14-12-15-20-41;/h12-32,34-40,67H,1-11H3;/q-1;/i40D;. The first-order chi connectivity index (χ1) is 32.1. The Labute approximate surface area is 419 Å². The molecule has 0 aliphatic rings. The second-order valence-electron chi connectivity index (χ2n) is 21.3. The first-order valence-corrected chi connectivity index (χ1v) is 23.5. The monoisotopic (exact) mass is 1070 g/mol. The number of phenolic OH excluding ortho intramolecular Hbond substituents is 1. The van der Waals surface area contributed by atoms with Crippen LogP contribution in [0, 0.1) is 6.07 Å². The van der Waals surface area contributed by atoms with Gasteiger partial charge in [-0.3, -0.25) is 9.55 Å². The Morgan fingerprint density at radius 3 is 1.75 bits per heavy atom. The van der Waals surface area contributed by atoms with Gasteiger partial charge in [0.25, 0.3) is 0 Å². The molecule has 0 radical (unpaired) electrons. The van der Waals surface area contributed by atoms with Crippen LogP contribution >= 0.6 is 0 Å². The number of pyridine rings is 1. The van der Waals surface area contributed by atoms with E-state index in [-0.39, 0.29) is 43.1 Å². The normalized spacial score (nSPS) is 12.5. The predicted molar refractivity (Wildman–Crippen MR) is 282 cm³/mol. The van der Waals surface area contributed by atoms with Gasteiger partial charge in [0, 0.05) is 45.6 Å². The summed E-state index contributed by atoms with van der Waals surface area (Å²) in [7, 11) is 0. The fourth-order valence-corrected chi connectivity index (χ4v) is 9.05. The Hall–Kier alpha value is -6.35. The maximum Gasteiger partial charge on any atom is 0.148 e. The summed E-state index contributed by atoms with van der Waals surface area (Å²) in [6, 6.07) is 59.0. The van der Waals surface area contributed by atoms with E-state index in [2.05, 4.69) is 206 Å². The van der Waals surface area contributed by atoms with E-state index in [4.69, 9.17) is 9.97 Å². The Morgan fingerprint density at radius 1 is 0.544 bits per heavy atom. The van der Waals surface area contributed by atoms with Crippen molar-refractivity contribution >= 4 is 11.0 Å². The third-order valence-electron chi connectivity index (χ3n) is 13.0. The molecule has 346 valence electrons. The summed E-state index contributed by atoms with van der Waals surface area (Å²) in [5.41, 5.74) is 16.7. The van der Waals surface area contributed by atoms with Gasteiger partial charge in [-0.1, -0.05) is 203 Å². The Balaban J connectivity index is 0.00000642. The summed E-state index contributed by atoms with van der Waals surface area (Å²) in [6.45, 7) is 23.7. The first kappa shape index (κ1) is 46.7. The number of hydrogen-bond donors (Lipinski definition) is 1. The minimum absolute atomic E-state index is 0. The SMILES string of the molecule is [2H]C(C)(C)c1cc(-n2c(-c3cc(C(C)(C)C)cc(C(C)(C)C)c3O)nc3c(-c4[c-]c(-c5cc(-c6ccc(-c7ccccc7)cc6)ccn5)cc(C(C)(C)C)c4)cccc32)ccc1-c1ccccc1.[Pt]. The molecule has 0 aliphatic heterocycles. The molecule has 5 heteroatoms. The molecular formula is C63H62N3OPt-. The summed E-state index contributed by atoms with van der Waals surface area (Å²) in [4.78, 5) is 10.6. The van der Waals surface area contributed by atoms with Crippen LogP contribution in [0.2, 0.25) is 0 Å². The molecular weight excluding hydrogens is 1010 g/mol. The van der Waals surface area contributed by atoms with Crippen LogP contribution in [0.4, 0.5) is 0 Å². The average molecular weight is 1070 g/mol. The maximum absolute atomic E-state index is 12.5. The molecule has 0 bridgehead atoms. The summed E-state index contributed by atoms with van der Waals surface area (Å²) in [5.74, 6) is -0.0795. The van der Waals surface area contributed by atoms with Crippen molar-refractivity contribution in [3.8, 4) is 78.6 Å². The maximum atomic E-state index is 12.5. The summed E-state index contributed by atoms with van der Waals surface area (Å²) >= 11 is 0. The number of hydrogen-bond acceptors (Lipinski definition) is 3. The van der Waals surface area contributed by atoms with Crippen LogP contribution in [0.5, 0.6) is 5.75 Å². The zero-order valence-corrected chi connectivity index (χ0v) is 43.5. The number of aromatic hydroxyl groups is 1. The van der Waals surface area contributed by atoms with Gasteiger partial charge in [0.15, 0.2) is 0 Å². The van der Waals surface area contributed by atoms with E-state index in [1.807, 2.05) is 44.3 Å². The molecule has 68 heavy (non-hydrogen) atoms. The molecule has 0 spiro atoms. The molecule has 0 saturated heterocycles. The molecule has 1 N–H and O–H groups in total. The van der Waals surface area contributed by atoms with Crippen LogP contribution in [0.1, 0.15) is 106 Å². The van der Waals surface area contributed by atoms with E-state index in [1.165, 1.54) is 11.1 Å². The Kier molecular flexibility index (Phi) is 12.8. The van der Waals surface area contributed by atoms with Crippen molar-refractivity contribution in [1.29, 1.82) is 0 Å². The van der Waals surface area contributed by atoms with Crippen LogP contribution in [0.25, 0.3) is 83.9 Å². The van der Waals surface area contributed by atoms with Crippen molar-refractivity contribution < 1.29 is 27.5 Å². The van der Waals surface area contributed by atoms with Crippen LogP contribution in [-0.2, 0) is 37.3 Å². The number of benzene rings is 7. The number of imidazole rings is 1. The van der Waals surface area contributed by atoms with E-state index < -0.39 is 5.89 Å². The molecule has 9 rings (SSSR count). The van der Waals surface area contributed by atoms with Gasteiger partial charge in [0.2, 0.25) is 0 Å². The van der Waals surface area contributed by atoms with Crippen LogP contribution < -0.4 is 0 Å². The van der Waals surface area contributed by atoms with Gasteiger partial charge in [-0.15, -0.1) is 29.3 Å². The second kappa shape index (κ2) is 18.6. The van der Waals surface area contributed by atoms with Crippen LogP contribution in [0.15, 0.2) is 164 Å². The molecule has 2 heterocycles. The van der Waals surface area contributed by atoms with Gasteiger partial charge in [0.1, 0.15) is 11.6 Å². The largest absolute Gasteiger partial charge is 0.507 e.